The van der Waals surface area contributed by atoms with Crippen molar-refractivity contribution in [3.05, 3.63) is 60.7 Å². The first-order chi connectivity index (χ1) is 6.88. The Kier molecular flexibility index (Phi) is 3.26. The van der Waals surface area contributed by atoms with Gasteiger partial charge in [-0.3, -0.25) is 0 Å². The van der Waals surface area contributed by atoms with Gasteiger partial charge < -0.3 is 0 Å². The zero-order chi connectivity index (χ0) is 9.80. The molecule has 0 N–H and O–H groups in total. The molecule has 0 aliphatic rings. The normalized spacial score (nSPS) is 9.71. The maximum absolute atomic E-state index is 3.27. The van der Waals surface area contributed by atoms with Crippen molar-refractivity contribution in [2.75, 3.05) is 0 Å². The molecule has 2 aromatic rings. The molecule has 0 saturated carbocycles. The SMILES string of the molecule is [Se]=[P+](c1ccccc1)c1ccccc1. The Hall–Kier alpha value is -0.741. The summed E-state index contributed by atoms with van der Waals surface area (Å²) >= 11 is 3.27. The molecule has 0 aromatic heterocycles. The Morgan fingerprint density at radius 2 is 1.00 bits per heavy atom. The van der Waals surface area contributed by atoms with Gasteiger partial charge in [0.1, 0.15) is 0 Å². The van der Waals surface area contributed by atoms with Gasteiger partial charge in [0.15, 0.2) is 0 Å². The average Bonchev–Trinajstić information content (AvgIpc) is 2.30. The molecule has 0 nitrogen and oxygen atoms in total. The molecule has 2 heteroatoms. The van der Waals surface area contributed by atoms with Crippen LogP contribution in [0, 0.1) is 0 Å². The summed E-state index contributed by atoms with van der Waals surface area (Å²) in [5.74, 6) is 0. The second-order valence-electron chi connectivity index (χ2n) is 2.97. The van der Waals surface area contributed by atoms with Crippen LogP contribution in [-0.4, -0.2) is 15.1 Å². The molecule has 0 radical (unpaired) electrons. The molecule has 2 aromatic carbocycles. The van der Waals surface area contributed by atoms with Gasteiger partial charge in [-0.1, -0.05) is 0 Å². The fourth-order valence-electron chi connectivity index (χ4n) is 1.28. The predicted molar refractivity (Wildman–Crippen MR) is 64.8 cm³/mol. The van der Waals surface area contributed by atoms with Gasteiger partial charge in [-0.05, 0) is 0 Å². The quantitative estimate of drug-likeness (QED) is 0.576. The van der Waals surface area contributed by atoms with Gasteiger partial charge in [0, 0.05) is 0 Å². The molecule has 0 saturated heterocycles. The van der Waals surface area contributed by atoms with Crippen LogP contribution in [0.1, 0.15) is 0 Å². The van der Waals surface area contributed by atoms with Gasteiger partial charge in [0.05, 0.1) is 0 Å². The first-order valence-electron chi connectivity index (χ1n) is 4.45. The van der Waals surface area contributed by atoms with Crippen LogP contribution in [0.25, 0.3) is 0 Å². The van der Waals surface area contributed by atoms with Gasteiger partial charge in [-0.15, -0.1) is 0 Å². The Morgan fingerprint density at radius 3 is 1.36 bits per heavy atom. The topological polar surface area (TPSA) is 0 Å². The molecule has 0 aliphatic heterocycles. The summed E-state index contributed by atoms with van der Waals surface area (Å²) in [6.07, 6.45) is -0.296. The molecule has 0 amide bonds. The van der Waals surface area contributed by atoms with Crippen molar-refractivity contribution < 1.29 is 0 Å². The van der Waals surface area contributed by atoms with Crippen LogP contribution in [0.3, 0.4) is 0 Å². The number of hydrogen-bond donors (Lipinski definition) is 0. The third kappa shape index (κ3) is 2.19. The molecule has 68 valence electrons. The van der Waals surface area contributed by atoms with Gasteiger partial charge in [0.2, 0.25) is 0 Å². The van der Waals surface area contributed by atoms with E-state index in [0.717, 1.165) is 0 Å². The van der Waals surface area contributed by atoms with Crippen molar-refractivity contribution in [1.82, 2.24) is 0 Å². The van der Waals surface area contributed by atoms with E-state index in [1.54, 1.807) is 0 Å². The van der Waals surface area contributed by atoms with Crippen LogP contribution >= 0.6 is 6.17 Å². The molecule has 0 unspecified atom stereocenters. The summed E-state index contributed by atoms with van der Waals surface area (Å²) in [5, 5.41) is 2.77. The standard InChI is InChI=1S/C12H10PSe/c14-13(11-7-3-1-4-8-11)12-9-5-2-6-10-12/h1-10H/q+1. The second kappa shape index (κ2) is 4.66. The minimum absolute atomic E-state index is 0.296. The third-order valence-corrected chi connectivity index (χ3v) is 6.17. The van der Waals surface area contributed by atoms with E-state index in [9.17, 15) is 0 Å². The first-order valence-corrected chi connectivity index (χ1v) is 8.01. The van der Waals surface area contributed by atoms with Crippen LogP contribution in [0.5, 0.6) is 0 Å². The molecular formula is C12H10PSe+. The third-order valence-electron chi connectivity index (χ3n) is 1.98. The van der Waals surface area contributed by atoms with E-state index in [4.69, 9.17) is 0 Å². The van der Waals surface area contributed by atoms with E-state index in [0.29, 0.717) is 0 Å². The zero-order valence-corrected chi connectivity index (χ0v) is 10.2. The summed E-state index contributed by atoms with van der Waals surface area (Å²) in [6.45, 7) is 0. The molecule has 0 bridgehead atoms. The zero-order valence-electron chi connectivity index (χ0n) is 7.63. The molecule has 0 atom stereocenters. The molecule has 0 spiro atoms. The molecule has 2 rings (SSSR count). The Labute approximate surface area is 92.6 Å². The molecule has 0 aliphatic carbocycles. The van der Waals surface area contributed by atoms with Crippen LogP contribution in [0.2, 0.25) is 0 Å². The first kappa shape index (κ1) is 9.80. The fourth-order valence-corrected chi connectivity index (χ4v) is 3.99. The number of hydrogen-bond acceptors (Lipinski definition) is 0. The van der Waals surface area contributed by atoms with Gasteiger partial charge in [-0.2, -0.15) is 0 Å². The van der Waals surface area contributed by atoms with Crippen LogP contribution in [-0.2, 0) is 0 Å². The average molecular weight is 264 g/mol. The van der Waals surface area contributed by atoms with Gasteiger partial charge in [-0.25, -0.2) is 0 Å². The van der Waals surface area contributed by atoms with Crippen molar-refractivity contribution in [3.63, 3.8) is 0 Å². The Balaban J connectivity index is 2.35. The minimum atomic E-state index is -0.296. The summed E-state index contributed by atoms with van der Waals surface area (Å²) in [6, 6.07) is 21.2. The Bertz CT molecular complexity index is 381. The summed E-state index contributed by atoms with van der Waals surface area (Å²) in [5.41, 5.74) is 0. The van der Waals surface area contributed by atoms with E-state index in [-0.39, 0.29) is 6.17 Å². The van der Waals surface area contributed by atoms with Crippen molar-refractivity contribution in [2.45, 2.75) is 0 Å². The van der Waals surface area contributed by atoms with Crippen molar-refractivity contribution >= 4 is 31.9 Å². The molecule has 0 fully saturated rings. The van der Waals surface area contributed by atoms with Crippen molar-refractivity contribution in [3.8, 4) is 0 Å². The van der Waals surface area contributed by atoms with Crippen molar-refractivity contribution in [1.29, 1.82) is 0 Å². The molecule has 14 heavy (non-hydrogen) atoms. The monoisotopic (exact) mass is 265 g/mol. The van der Waals surface area contributed by atoms with E-state index >= 15 is 0 Å². The molecule has 0 heterocycles. The summed E-state index contributed by atoms with van der Waals surface area (Å²) in [4.78, 5) is 0. The van der Waals surface area contributed by atoms with Crippen LogP contribution < -0.4 is 10.6 Å². The summed E-state index contributed by atoms with van der Waals surface area (Å²) in [7, 11) is 0. The fraction of sp³-hybridized carbons (Fsp3) is 0. The Morgan fingerprint density at radius 1 is 0.643 bits per heavy atom. The summed E-state index contributed by atoms with van der Waals surface area (Å²) < 4.78 is 0. The van der Waals surface area contributed by atoms with Gasteiger partial charge in [0.25, 0.3) is 0 Å². The predicted octanol–water partition coefficient (Wildman–Crippen LogP) is 2.20. The van der Waals surface area contributed by atoms with E-state index < -0.39 is 0 Å². The maximum atomic E-state index is 3.27. The van der Waals surface area contributed by atoms with E-state index in [1.807, 2.05) is 0 Å². The van der Waals surface area contributed by atoms with E-state index in [1.165, 1.54) is 10.6 Å². The van der Waals surface area contributed by atoms with E-state index in [2.05, 4.69) is 75.8 Å². The van der Waals surface area contributed by atoms with Crippen LogP contribution in [0.4, 0.5) is 0 Å². The number of rotatable bonds is 2. The van der Waals surface area contributed by atoms with Gasteiger partial charge >= 0.3 is 92.5 Å². The molecular weight excluding hydrogens is 254 g/mol. The second-order valence-corrected chi connectivity index (χ2v) is 6.89. The van der Waals surface area contributed by atoms with Crippen molar-refractivity contribution in [2.24, 2.45) is 0 Å². The van der Waals surface area contributed by atoms with Crippen LogP contribution in [0.15, 0.2) is 60.7 Å². The number of benzene rings is 2.